The topological polar surface area (TPSA) is 123 Å². The van der Waals surface area contributed by atoms with E-state index in [2.05, 4.69) is 16.7 Å². The summed E-state index contributed by atoms with van der Waals surface area (Å²) in [6.07, 6.45) is -7.14. The molecule has 3 aliphatic heterocycles. The minimum Gasteiger partial charge on any atom is -0.344 e. The van der Waals surface area contributed by atoms with Gasteiger partial charge in [-0.05, 0) is 53.6 Å². The number of hydrogen-bond acceptors (Lipinski definition) is 5. The number of likely N-dealkylation sites (tertiary alicyclic amines) is 2. The lowest BCUT2D eigenvalue weighted by atomic mass is 9.77. The van der Waals surface area contributed by atoms with E-state index in [-0.39, 0.29) is 43.5 Å². The zero-order chi connectivity index (χ0) is 32.8. The number of nitrogens with one attached hydrogen (secondary N) is 2. The zero-order valence-electron chi connectivity index (χ0n) is 25.0. The van der Waals surface area contributed by atoms with Crippen molar-refractivity contribution in [3.05, 3.63) is 29.6 Å². The monoisotopic (exact) mass is 635 g/mol. The van der Waals surface area contributed by atoms with Gasteiger partial charge in [0.1, 0.15) is 36.5 Å². The number of carbonyl (C=O) groups excluding carboxylic acids is 4. The van der Waals surface area contributed by atoms with Crippen molar-refractivity contribution in [2.75, 3.05) is 18.4 Å². The van der Waals surface area contributed by atoms with E-state index in [1.165, 1.54) is 21.9 Å². The van der Waals surface area contributed by atoms with Crippen LogP contribution in [0.25, 0.3) is 0 Å². The average molecular weight is 636 g/mol. The highest BCUT2D eigenvalue weighted by atomic mass is 19.4. The Balaban J connectivity index is 1.36. The second kappa shape index (κ2) is 10.4. The molecule has 2 saturated heterocycles. The Morgan fingerprint density at radius 1 is 1.16 bits per heavy atom. The number of alkyl halides is 4. The van der Waals surface area contributed by atoms with Crippen LogP contribution in [0.3, 0.4) is 0 Å². The third kappa shape index (κ3) is 4.93. The van der Waals surface area contributed by atoms with Crippen molar-refractivity contribution < 1.29 is 41.1 Å². The summed E-state index contributed by atoms with van der Waals surface area (Å²) in [6, 6.07) is 2.41. The van der Waals surface area contributed by atoms with Crippen LogP contribution in [0, 0.1) is 46.2 Å². The molecule has 6 rings (SSSR count). The van der Waals surface area contributed by atoms with Gasteiger partial charge in [0.15, 0.2) is 0 Å². The van der Waals surface area contributed by atoms with Crippen LogP contribution < -0.4 is 10.6 Å². The molecule has 45 heavy (non-hydrogen) atoms. The number of rotatable bonds is 4. The van der Waals surface area contributed by atoms with Crippen LogP contribution >= 0.6 is 0 Å². The van der Waals surface area contributed by atoms with Crippen molar-refractivity contribution >= 4 is 29.3 Å². The number of hydrogen-bond donors (Lipinski definition) is 2. The molecule has 2 saturated carbocycles. The number of anilines is 1. The van der Waals surface area contributed by atoms with Crippen LogP contribution in [-0.2, 0) is 24.6 Å². The van der Waals surface area contributed by atoms with Crippen LogP contribution in [0.5, 0.6) is 0 Å². The van der Waals surface area contributed by atoms with E-state index >= 15 is 4.39 Å². The van der Waals surface area contributed by atoms with Gasteiger partial charge in [0, 0.05) is 19.5 Å². The predicted octanol–water partition coefficient (Wildman–Crippen LogP) is 3.44. The molecular formula is C31H34F5N5O4. The van der Waals surface area contributed by atoms with Gasteiger partial charge in [0.05, 0.1) is 17.2 Å². The number of carbonyl (C=O) groups is 4. The molecule has 0 radical (unpaired) electrons. The number of nitriles is 1. The van der Waals surface area contributed by atoms with Gasteiger partial charge in [0.25, 0.3) is 0 Å². The van der Waals surface area contributed by atoms with Crippen molar-refractivity contribution in [3.63, 3.8) is 0 Å². The molecule has 5 aliphatic rings. The Hall–Kier alpha value is -3.76. The first kappa shape index (κ1) is 31.2. The highest BCUT2D eigenvalue weighted by Crippen LogP contribution is 2.59. The number of nitrogens with zero attached hydrogens (tertiary/aromatic N) is 3. The number of fused-ring (bicyclic) bond motifs is 7. The summed E-state index contributed by atoms with van der Waals surface area (Å²) in [5.74, 6) is -5.59. The summed E-state index contributed by atoms with van der Waals surface area (Å²) in [6.45, 7) is 4.48. The minimum atomic E-state index is -4.81. The molecule has 1 aromatic carbocycles. The molecule has 4 fully saturated rings. The molecule has 2 bridgehead atoms. The maximum atomic E-state index is 15.2. The molecule has 1 aromatic rings. The third-order valence-electron chi connectivity index (χ3n) is 10.6. The lowest BCUT2D eigenvalue weighted by Gasteiger charge is -2.38. The van der Waals surface area contributed by atoms with E-state index in [1.54, 1.807) is 26.8 Å². The van der Waals surface area contributed by atoms with Crippen LogP contribution in [-0.4, -0.2) is 77.0 Å². The Bertz CT molecular complexity index is 1500. The number of halogens is 5. The first-order valence-electron chi connectivity index (χ1n) is 15.1. The van der Waals surface area contributed by atoms with Gasteiger partial charge in [-0.2, -0.15) is 18.4 Å². The highest BCUT2D eigenvalue weighted by molar-refractivity contribution is 6.07. The van der Waals surface area contributed by atoms with Crippen molar-refractivity contribution in [1.29, 1.82) is 5.26 Å². The summed E-state index contributed by atoms with van der Waals surface area (Å²) >= 11 is 0. The van der Waals surface area contributed by atoms with Crippen LogP contribution in [0.15, 0.2) is 18.2 Å². The normalized spacial score (nSPS) is 34.0. The summed E-state index contributed by atoms with van der Waals surface area (Å²) < 4.78 is 68.8. The second-order valence-corrected chi connectivity index (χ2v) is 14.3. The summed E-state index contributed by atoms with van der Waals surface area (Å²) in [5, 5.41) is 14.9. The van der Waals surface area contributed by atoms with Crippen molar-refractivity contribution in [1.82, 2.24) is 15.1 Å². The van der Waals surface area contributed by atoms with E-state index < -0.39 is 89.0 Å². The molecule has 2 aliphatic carbocycles. The molecule has 242 valence electrons. The van der Waals surface area contributed by atoms with Gasteiger partial charge < -0.3 is 20.4 Å². The third-order valence-corrected chi connectivity index (χ3v) is 10.6. The molecule has 9 unspecified atom stereocenters. The van der Waals surface area contributed by atoms with E-state index in [0.717, 1.165) is 0 Å². The van der Waals surface area contributed by atoms with Gasteiger partial charge in [-0.3, -0.25) is 19.2 Å². The predicted molar refractivity (Wildman–Crippen MR) is 148 cm³/mol. The van der Waals surface area contributed by atoms with Crippen molar-refractivity contribution in [2.24, 2.45) is 29.1 Å². The standard InChI is InChI=1S/C31H34F5N5O4/c1-29(2,3)25(38-21(42)10-31(34,35)36)27(44)40-12-17-14-7-16(20(33)8-14)22(17)24(40)26(43)41-13-30(9-15(41)11-37)18-5-4-6-19(32)23(18)39-28(30)45/h4-6,14-17,20,22,24-25H,7-10,12-13H2,1-3H3,(H,38,42)(H,39,45). The Labute approximate surface area is 256 Å². The Morgan fingerprint density at radius 2 is 1.87 bits per heavy atom. The van der Waals surface area contributed by atoms with Gasteiger partial charge in [-0.25, -0.2) is 8.78 Å². The summed E-state index contributed by atoms with van der Waals surface area (Å²) in [7, 11) is 0. The van der Waals surface area contributed by atoms with Crippen molar-refractivity contribution in [3.8, 4) is 6.07 Å². The van der Waals surface area contributed by atoms with Gasteiger partial charge >= 0.3 is 6.18 Å². The summed E-state index contributed by atoms with van der Waals surface area (Å²) in [4.78, 5) is 56.9. The van der Waals surface area contributed by atoms with Crippen LogP contribution in [0.4, 0.5) is 27.6 Å². The Morgan fingerprint density at radius 3 is 2.51 bits per heavy atom. The fourth-order valence-electron chi connectivity index (χ4n) is 8.65. The van der Waals surface area contributed by atoms with E-state index in [4.69, 9.17) is 0 Å². The maximum absolute atomic E-state index is 15.2. The molecular weight excluding hydrogens is 601 g/mol. The van der Waals surface area contributed by atoms with Gasteiger partial charge in [0.2, 0.25) is 23.6 Å². The molecule has 0 aromatic heterocycles. The first-order valence-corrected chi connectivity index (χ1v) is 15.1. The second-order valence-electron chi connectivity index (χ2n) is 14.3. The largest absolute Gasteiger partial charge is 0.397 e. The van der Waals surface area contributed by atoms with E-state index in [1.807, 2.05) is 0 Å². The fraction of sp³-hybridized carbons (Fsp3) is 0.645. The SMILES string of the molecule is CC(C)(C)C(NC(=O)CC(F)(F)F)C(=O)N1CC2C3CC(F)C(C3)C2C1C(=O)N1CC2(CC1C#N)C(=O)Nc1c(F)cccc12. The van der Waals surface area contributed by atoms with Crippen LogP contribution in [0.2, 0.25) is 0 Å². The number of benzene rings is 1. The van der Waals surface area contributed by atoms with E-state index in [0.29, 0.717) is 12.0 Å². The molecule has 2 N–H and O–H groups in total. The quantitative estimate of drug-likeness (QED) is 0.491. The molecule has 9 atom stereocenters. The summed E-state index contributed by atoms with van der Waals surface area (Å²) in [5.41, 5.74) is -2.20. The Kier molecular flexibility index (Phi) is 7.21. The van der Waals surface area contributed by atoms with Gasteiger partial charge in [-0.1, -0.05) is 32.9 Å². The minimum absolute atomic E-state index is 0.0257. The molecule has 3 heterocycles. The molecule has 1 spiro atoms. The lowest BCUT2D eigenvalue weighted by Crippen LogP contribution is -2.60. The highest BCUT2D eigenvalue weighted by Gasteiger charge is 2.65. The molecule has 9 nitrogen and oxygen atoms in total. The molecule has 4 amide bonds. The van der Waals surface area contributed by atoms with Crippen LogP contribution in [0.1, 0.15) is 52.0 Å². The fourth-order valence-corrected chi connectivity index (χ4v) is 8.65. The van der Waals surface area contributed by atoms with Gasteiger partial charge in [-0.15, -0.1) is 0 Å². The number of amides is 4. The molecule has 14 heteroatoms. The zero-order valence-corrected chi connectivity index (χ0v) is 25.0. The number of para-hydroxylation sites is 1. The van der Waals surface area contributed by atoms with Crippen molar-refractivity contribution in [2.45, 2.75) is 82.3 Å². The van der Waals surface area contributed by atoms with E-state index in [9.17, 15) is 42.0 Å². The average Bonchev–Trinajstić information content (AvgIpc) is 3.73. The smallest absolute Gasteiger partial charge is 0.344 e. The maximum Gasteiger partial charge on any atom is 0.397 e. The first-order chi connectivity index (χ1) is 21.0. The lowest BCUT2D eigenvalue weighted by molar-refractivity contribution is -0.157.